The van der Waals surface area contributed by atoms with Crippen molar-refractivity contribution in [3.05, 3.63) is 107 Å². The third-order valence-corrected chi connectivity index (χ3v) is 5.74. The minimum atomic E-state index is -0.778. The molecule has 3 aromatic carbocycles. The van der Waals surface area contributed by atoms with E-state index in [0.717, 1.165) is 5.56 Å². The number of H-pyrrole nitrogens is 2. The van der Waals surface area contributed by atoms with E-state index < -0.39 is 18.0 Å². The summed E-state index contributed by atoms with van der Waals surface area (Å²) in [4.78, 5) is 35.7. The lowest BCUT2D eigenvalue weighted by atomic mass is 10.1. The van der Waals surface area contributed by atoms with E-state index in [9.17, 15) is 19.1 Å². The molecule has 0 aliphatic carbocycles. The molecule has 2 aromatic heterocycles. The van der Waals surface area contributed by atoms with Crippen LogP contribution in [-0.2, 0) is 0 Å². The Morgan fingerprint density at radius 3 is 2.51 bits per heavy atom. The molecule has 37 heavy (non-hydrogen) atoms. The standard InChI is InChI=1S/C27H23FN6O3/c28-17-9-11-18(12-10-17)31-27(37)33-21-8-4-7-20-24(21)34-25(32-20)23-19(13-14-29-26(23)36)30-15-22(35)16-5-2-1-3-6-16/h1-14,22,35H,15H2,(H,32,34)(H2,29,30,36)(H2,31,33,37)/t22-/m1/s1. The Bertz CT molecular complexity index is 1600. The van der Waals surface area contributed by atoms with Crippen LogP contribution in [0.2, 0.25) is 0 Å². The molecule has 1 atom stereocenters. The van der Waals surface area contributed by atoms with E-state index in [2.05, 4.69) is 30.9 Å². The molecule has 186 valence electrons. The van der Waals surface area contributed by atoms with Gasteiger partial charge in [0.25, 0.3) is 5.56 Å². The zero-order chi connectivity index (χ0) is 25.8. The van der Waals surface area contributed by atoms with Crippen molar-refractivity contribution in [2.45, 2.75) is 6.10 Å². The number of urea groups is 1. The van der Waals surface area contributed by atoms with Crippen molar-refractivity contribution in [3.63, 3.8) is 0 Å². The van der Waals surface area contributed by atoms with Gasteiger partial charge in [-0.1, -0.05) is 36.4 Å². The summed E-state index contributed by atoms with van der Waals surface area (Å²) in [6.07, 6.45) is 0.734. The number of aromatic amines is 2. The molecule has 0 saturated carbocycles. The van der Waals surface area contributed by atoms with Gasteiger partial charge in [0.05, 0.1) is 28.5 Å². The lowest BCUT2D eigenvalue weighted by molar-refractivity contribution is 0.191. The van der Waals surface area contributed by atoms with Gasteiger partial charge in [-0.3, -0.25) is 4.79 Å². The van der Waals surface area contributed by atoms with E-state index in [1.807, 2.05) is 30.3 Å². The number of hydrogen-bond donors (Lipinski definition) is 6. The van der Waals surface area contributed by atoms with Crippen LogP contribution in [0.4, 0.5) is 26.2 Å². The molecule has 2 heterocycles. The maximum atomic E-state index is 13.1. The molecule has 0 aliphatic heterocycles. The molecule has 9 nitrogen and oxygen atoms in total. The molecule has 0 aliphatic rings. The van der Waals surface area contributed by atoms with Crippen LogP contribution in [0, 0.1) is 5.82 Å². The molecule has 2 amide bonds. The number of aromatic nitrogens is 3. The van der Waals surface area contributed by atoms with Gasteiger partial charge in [0.1, 0.15) is 17.2 Å². The second-order valence-electron chi connectivity index (χ2n) is 8.27. The van der Waals surface area contributed by atoms with Crippen LogP contribution >= 0.6 is 0 Å². The van der Waals surface area contributed by atoms with Gasteiger partial charge in [-0.25, -0.2) is 14.2 Å². The summed E-state index contributed by atoms with van der Waals surface area (Å²) >= 11 is 0. The fourth-order valence-corrected chi connectivity index (χ4v) is 3.93. The van der Waals surface area contributed by atoms with Gasteiger partial charge in [0.15, 0.2) is 0 Å². The van der Waals surface area contributed by atoms with Crippen LogP contribution in [0.1, 0.15) is 11.7 Å². The van der Waals surface area contributed by atoms with Crippen molar-refractivity contribution in [2.75, 3.05) is 22.5 Å². The van der Waals surface area contributed by atoms with Crippen LogP contribution in [0.25, 0.3) is 22.4 Å². The Labute approximate surface area is 210 Å². The van der Waals surface area contributed by atoms with Crippen LogP contribution in [-0.4, -0.2) is 32.6 Å². The van der Waals surface area contributed by atoms with Crippen LogP contribution in [0.3, 0.4) is 0 Å². The van der Waals surface area contributed by atoms with Crippen molar-refractivity contribution in [1.29, 1.82) is 0 Å². The maximum Gasteiger partial charge on any atom is 0.323 e. The highest BCUT2D eigenvalue weighted by Gasteiger charge is 2.17. The number of carbonyl (C=O) groups excluding carboxylic acids is 1. The number of pyridine rings is 1. The average Bonchev–Trinajstić information content (AvgIpc) is 3.34. The van der Waals surface area contributed by atoms with E-state index in [1.54, 1.807) is 24.3 Å². The van der Waals surface area contributed by atoms with Crippen molar-refractivity contribution >= 4 is 34.1 Å². The van der Waals surface area contributed by atoms with Gasteiger partial charge < -0.3 is 31.0 Å². The molecule has 0 spiro atoms. The average molecular weight is 499 g/mol. The number of nitrogens with zero attached hydrogens (tertiary/aromatic N) is 1. The molecular formula is C27H23FN6O3. The Balaban J connectivity index is 1.40. The first kappa shape index (κ1) is 23.8. The summed E-state index contributed by atoms with van der Waals surface area (Å²) in [5.41, 5.74) is 3.06. The summed E-state index contributed by atoms with van der Waals surface area (Å²) in [5.74, 6) is -0.109. The number of amides is 2. The van der Waals surface area contributed by atoms with Crippen LogP contribution in [0.15, 0.2) is 89.9 Å². The Kier molecular flexibility index (Phi) is 6.64. The molecule has 0 unspecified atom stereocenters. The number of fused-ring (bicyclic) bond motifs is 1. The van der Waals surface area contributed by atoms with Gasteiger partial charge in [-0.15, -0.1) is 0 Å². The number of benzene rings is 3. The van der Waals surface area contributed by atoms with E-state index in [-0.39, 0.29) is 17.7 Å². The van der Waals surface area contributed by atoms with E-state index in [1.165, 1.54) is 30.5 Å². The zero-order valence-electron chi connectivity index (χ0n) is 19.5. The van der Waals surface area contributed by atoms with Gasteiger partial charge >= 0.3 is 6.03 Å². The summed E-state index contributed by atoms with van der Waals surface area (Å²) < 4.78 is 13.1. The minimum Gasteiger partial charge on any atom is -0.387 e. The summed E-state index contributed by atoms with van der Waals surface area (Å²) in [5, 5.41) is 19.1. The SMILES string of the molecule is O=C(Nc1ccc(F)cc1)Nc1cccc2nc(-c3c(NC[C@@H](O)c4ccccc4)cc[nH]c3=O)[nH]c12. The third-order valence-electron chi connectivity index (χ3n) is 5.74. The highest BCUT2D eigenvalue weighted by molar-refractivity contribution is 6.05. The number of hydrogen-bond acceptors (Lipinski definition) is 5. The normalized spacial score (nSPS) is 11.7. The number of anilines is 3. The van der Waals surface area contributed by atoms with Crippen molar-refractivity contribution in [2.24, 2.45) is 0 Å². The molecule has 0 saturated heterocycles. The first-order chi connectivity index (χ1) is 18.0. The number of aliphatic hydroxyl groups excluding tert-OH is 1. The fraction of sp³-hybridized carbons (Fsp3) is 0.0741. The van der Waals surface area contributed by atoms with E-state index in [4.69, 9.17) is 0 Å². The minimum absolute atomic E-state index is 0.178. The molecule has 6 N–H and O–H groups in total. The van der Waals surface area contributed by atoms with Gasteiger partial charge in [0.2, 0.25) is 0 Å². The van der Waals surface area contributed by atoms with Crippen molar-refractivity contribution in [3.8, 4) is 11.4 Å². The number of carbonyl (C=O) groups is 1. The van der Waals surface area contributed by atoms with Crippen LogP contribution < -0.4 is 21.5 Å². The molecule has 5 aromatic rings. The van der Waals surface area contributed by atoms with Crippen molar-refractivity contribution < 1.29 is 14.3 Å². The van der Waals surface area contributed by atoms with Gasteiger partial charge in [-0.05, 0) is 48.0 Å². The highest BCUT2D eigenvalue weighted by atomic mass is 19.1. The number of aliphatic hydroxyl groups is 1. The lowest BCUT2D eigenvalue weighted by Gasteiger charge is -2.14. The van der Waals surface area contributed by atoms with Crippen LogP contribution in [0.5, 0.6) is 0 Å². The Morgan fingerprint density at radius 2 is 1.73 bits per heavy atom. The van der Waals surface area contributed by atoms with Gasteiger partial charge in [0, 0.05) is 18.4 Å². The lowest BCUT2D eigenvalue weighted by Crippen LogP contribution is -2.19. The number of rotatable bonds is 7. The quantitative estimate of drug-likeness (QED) is 0.191. The highest BCUT2D eigenvalue weighted by Crippen LogP contribution is 2.28. The molecule has 0 bridgehead atoms. The first-order valence-corrected chi connectivity index (χ1v) is 11.5. The largest absolute Gasteiger partial charge is 0.387 e. The Morgan fingerprint density at radius 1 is 0.946 bits per heavy atom. The maximum absolute atomic E-state index is 13.1. The zero-order valence-corrected chi connectivity index (χ0v) is 19.5. The summed E-state index contributed by atoms with van der Waals surface area (Å²) in [6, 6.07) is 21.0. The number of para-hydroxylation sites is 1. The number of nitrogens with one attached hydrogen (secondary N) is 5. The molecule has 5 rings (SSSR count). The first-order valence-electron chi connectivity index (χ1n) is 11.5. The predicted molar refractivity (Wildman–Crippen MR) is 141 cm³/mol. The number of halogens is 1. The monoisotopic (exact) mass is 498 g/mol. The van der Waals surface area contributed by atoms with Gasteiger partial charge in [-0.2, -0.15) is 0 Å². The third kappa shape index (κ3) is 5.34. The molecular weight excluding hydrogens is 475 g/mol. The second-order valence-corrected chi connectivity index (χ2v) is 8.27. The second kappa shape index (κ2) is 10.3. The predicted octanol–water partition coefficient (Wildman–Crippen LogP) is 4.85. The number of imidazole rings is 1. The van der Waals surface area contributed by atoms with E-state index in [0.29, 0.717) is 33.9 Å². The molecule has 10 heteroatoms. The summed E-state index contributed by atoms with van der Waals surface area (Å²) in [6.45, 7) is 0.178. The topological polar surface area (TPSA) is 135 Å². The fourth-order valence-electron chi connectivity index (χ4n) is 3.93. The summed E-state index contributed by atoms with van der Waals surface area (Å²) in [7, 11) is 0. The molecule has 0 fully saturated rings. The Hall–Kier alpha value is -4.96. The molecule has 0 radical (unpaired) electrons. The smallest absolute Gasteiger partial charge is 0.323 e. The van der Waals surface area contributed by atoms with E-state index >= 15 is 0 Å². The van der Waals surface area contributed by atoms with Crippen molar-refractivity contribution in [1.82, 2.24) is 15.0 Å².